The van der Waals surface area contributed by atoms with Crippen LogP contribution in [0, 0.1) is 27.6 Å². The van der Waals surface area contributed by atoms with Crippen molar-refractivity contribution in [3.05, 3.63) is 63.5 Å². The minimum absolute atomic E-state index is 0.294. The van der Waals surface area contributed by atoms with Crippen molar-refractivity contribution < 1.29 is 45.9 Å². The summed E-state index contributed by atoms with van der Waals surface area (Å²) in [6.07, 6.45) is -5.10. The molecule has 1 unspecified atom stereocenters. The Kier molecular flexibility index (Phi) is 6.25. The maximum Gasteiger partial charge on any atom is 0.423 e. The monoisotopic (exact) mass is 438 g/mol. The van der Waals surface area contributed by atoms with E-state index in [9.17, 15) is 46.4 Å². The van der Waals surface area contributed by atoms with Gasteiger partial charge in [-0.2, -0.15) is 17.6 Å². The molecule has 1 atom stereocenters. The zero-order valence-electron chi connectivity index (χ0n) is 14.9. The Bertz CT molecular complexity index is 993. The fraction of sp³-hybridized carbons (Fsp3) is 0.235. The van der Waals surface area contributed by atoms with E-state index in [1.165, 1.54) is 0 Å². The smallest absolute Gasteiger partial charge is 0.423 e. The topological polar surface area (TPSA) is 102 Å². The molecule has 0 saturated carbocycles. The van der Waals surface area contributed by atoms with Crippen LogP contribution in [0.1, 0.15) is 12.5 Å². The molecule has 162 valence electrons. The van der Waals surface area contributed by atoms with Gasteiger partial charge in [0, 0.05) is 11.8 Å². The Hall–Kier alpha value is -3.35. The minimum atomic E-state index is -5.10. The number of hydrogen-bond donors (Lipinski definition) is 2. The molecule has 0 aliphatic heterocycles. The predicted molar refractivity (Wildman–Crippen MR) is 89.2 cm³/mol. The lowest BCUT2D eigenvalue weighted by Gasteiger charge is -2.23. The van der Waals surface area contributed by atoms with Gasteiger partial charge in [-0.3, -0.25) is 14.9 Å². The van der Waals surface area contributed by atoms with Crippen LogP contribution in [0.3, 0.4) is 0 Å². The summed E-state index contributed by atoms with van der Waals surface area (Å²) in [6, 6.07) is 2.85. The number of amides is 1. The number of nitrogens with zero attached hydrogens (tertiary/aromatic N) is 1. The first-order valence-corrected chi connectivity index (χ1v) is 7.90. The van der Waals surface area contributed by atoms with Crippen LogP contribution in [0.5, 0.6) is 5.75 Å². The first kappa shape index (κ1) is 22.9. The number of carbonyl (C=O) groups excluding carboxylic acids is 1. The van der Waals surface area contributed by atoms with E-state index in [0.29, 0.717) is 24.3 Å². The molecule has 30 heavy (non-hydrogen) atoms. The molecular formula is C17H12F6N2O5. The fourth-order valence-corrected chi connectivity index (χ4v) is 2.17. The van der Waals surface area contributed by atoms with Gasteiger partial charge in [0.05, 0.1) is 4.92 Å². The number of nitro groups is 1. The number of hydrogen-bond acceptors (Lipinski definition) is 5. The normalized spacial score (nSPS) is 13.5. The van der Waals surface area contributed by atoms with E-state index in [2.05, 4.69) is 0 Å². The molecule has 0 bridgehead atoms. The molecule has 0 radical (unpaired) electrons. The molecule has 2 aromatic carbocycles. The Morgan fingerprint density at radius 2 is 1.80 bits per heavy atom. The maximum absolute atomic E-state index is 13.6. The molecule has 0 saturated heterocycles. The van der Waals surface area contributed by atoms with Crippen LogP contribution >= 0.6 is 0 Å². The molecule has 0 fully saturated rings. The second-order valence-corrected chi connectivity index (χ2v) is 6.18. The van der Waals surface area contributed by atoms with Crippen molar-refractivity contribution in [2.45, 2.75) is 18.7 Å². The molecule has 2 rings (SSSR count). The molecule has 13 heteroatoms. The van der Waals surface area contributed by atoms with E-state index in [0.717, 1.165) is 13.0 Å². The van der Waals surface area contributed by atoms with Gasteiger partial charge in [-0.05, 0) is 31.2 Å². The van der Waals surface area contributed by atoms with Crippen molar-refractivity contribution in [2.24, 2.45) is 0 Å². The van der Waals surface area contributed by atoms with E-state index in [1.54, 1.807) is 0 Å². The van der Waals surface area contributed by atoms with Gasteiger partial charge in [-0.1, -0.05) is 0 Å². The van der Waals surface area contributed by atoms with E-state index in [1.807, 2.05) is 5.32 Å². The van der Waals surface area contributed by atoms with Crippen LogP contribution in [-0.4, -0.2) is 28.1 Å². The van der Waals surface area contributed by atoms with E-state index >= 15 is 0 Å². The van der Waals surface area contributed by atoms with Crippen LogP contribution in [0.25, 0.3) is 0 Å². The van der Waals surface area contributed by atoms with Crippen LogP contribution in [0.15, 0.2) is 30.3 Å². The van der Waals surface area contributed by atoms with Crippen molar-refractivity contribution in [1.82, 2.24) is 0 Å². The highest BCUT2D eigenvalue weighted by Crippen LogP contribution is 2.37. The summed E-state index contributed by atoms with van der Waals surface area (Å²) in [6.45, 7) is -0.129. The van der Waals surface area contributed by atoms with Crippen molar-refractivity contribution in [1.29, 1.82) is 0 Å². The number of aliphatic hydroxyl groups is 1. The quantitative estimate of drug-likeness (QED) is 0.309. The standard InChI is InChI=1S/C17H12F6N2O5/c1-16(27,7-30-12-5-3-10(18)13(19)14(12)20)15(26)24-8-2-4-11(25(28)29)9(6-8)17(21,22)23/h2-6,27H,7H2,1H3,(H,24,26). The molecule has 0 spiro atoms. The van der Waals surface area contributed by atoms with Gasteiger partial charge < -0.3 is 15.2 Å². The van der Waals surface area contributed by atoms with Crippen LogP contribution in [0.2, 0.25) is 0 Å². The number of rotatable bonds is 6. The van der Waals surface area contributed by atoms with Crippen LogP contribution in [0.4, 0.5) is 37.7 Å². The second-order valence-electron chi connectivity index (χ2n) is 6.18. The van der Waals surface area contributed by atoms with Crippen molar-refractivity contribution in [3.63, 3.8) is 0 Å². The third kappa shape index (κ3) is 4.97. The molecule has 2 aromatic rings. The molecule has 0 heterocycles. The number of alkyl halides is 3. The number of nitrogens with one attached hydrogen (secondary N) is 1. The summed E-state index contributed by atoms with van der Waals surface area (Å²) in [5.74, 6) is -7.19. The Morgan fingerprint density at radius 1 is 1.17 bits per heavy atom. The number of benzene rings is 2. The van der Waals surface area contributed by atoms with Crippen LogP contribution < -0.4 is 10.1 Å². The zero-order chi connectivity index (χ0) is 22.9. The lowest BCUT2D eigenvalue weighted by molar-refractivity contribution is -0.388. The first-order chi connectivity index (χ1) is 13.7. The Labute approximate surface area is 164 Å². The maximum atomic E-state index is 13.6. The van der Waals surface area contributed by atoms with Gasteiger partial charge in [0.15, 0.2) is 23.0 Å². The zero-order valence-corrected chi connectivity index (χ0v) is 14.9. The van der Waals surface area contributed by atoms with Crippen molar-refractivity contribution >= 4 is 17.3 Å². The van der Waals surface area contributed by atoms with E-state index in [4.69, 9.17) is 4.74 Å². The number of carbonyl (C=O) groups is 1. The van der Waals surface area contributed by atoms with E-state index < -0.39 is 69.4 Å². The Morgan fingerprint density at radius 3 is 2.37 bits per heavy atom. The van der Waals surface area contributed by atoms with Gasteiger partial charge in [0.2, 0.25) is 5.82 Å². The number of nitro benzene ring substituents is 1. The molecule has 0 aromatic heterocycles. The highest BCUT2D eigenvalue weighted by atomic mass is 19.4. The van der Waals surface area contributed by atoms with Crippen molar-refractivity contribution in [2.75, 3.05) is 11.9 Å². The molecular weight excluding hydrogens is 426 g/mol. The molecule has 0 aliphatic rings. The summed E-state index contributed by atoms with van der Waals surface area (Å²) in [4.78, 5) is 21.6. The van der Waals surface area contributed by atoms with E-state index in [-0.39, 0.29) is 0 Å². The largest absolute Gasteiger partial charge is 0.487 e. The predicted octanol–water partition coefficient (Wildman–Crippen LogP) is 3.80. The third-order valence-corrected chi connectivity index (χ3v) is 3.75. The SMILES string of the molecule is CC(O)(COc1ccc(F)c(F)c1F)C(=O)Nc1ccc([N+](=O)[O-])c(C(F)(F)F)c1. The van der Waals surface area contributed by atoms with Crippen molar-refractivity contribution in [3.8, 4) is 5.75 Å². The summed E-state index contributed by atoms with van der Waals surface area (Å²) in [5.41, 5.74) is -5.87. The lowest BCUT2D eigenvalue weighted by atomic mass is 10.1. The van der Waals surface area contributed by atoms with Gasteiger partial charge in [-0.25, -0.2) is 8.78 Å². The number of halogens is 6. The average molecular weight is 438 g/mol. The molecule has 1 amide bonds. The van der Waals surface area contributed by atoms with Gasteiger partial charge in [0.25, 0.3) is 11.6 Å². The van der Waals surface area contributed by atoms with Gasteiger partial charge >= 0.3 is 6.18 Å². The van der Waals surface area contributed by atoms with Gasteiger partial charge in [0.1, 0.15) is 12.2 Å². The Balaban J connectivity index is 2.18. The highest BCUT2D eigenvalue weighted by molar-refractivity contribution is 5.97. The summed E-state index contributed by atoms with van der Waals surface area (Å²) >= 11 is 0. The van der Waals surface area contributed by atoms with Gasteiger partial charge in [-0.15, -0.1) is 0 Å². The number of anilines is 1. The highest BCUT2D eigenvalue weighted by Gasteiger charge is 2.39. The molecule has 2 N–H and O–H groups in total. The molecule has 0 aliphatic carbocycles. The fourth-order valence-electron chi connectivity index (χ4n) is 2.17. The average Bonchev–Trinajstić information content (AvgIpc) is 2.64. The summed E-state index contributed by atoms with van der Waals surface area (Å²) in [5, 5.41) is 22.8. The first-order valence-electron chi connectivity index (χ1n) is 7.90. The lowest BCUT2D eigenvalue weighted by Crippen LogP contribution is -2.45. The third-order valence-electron chi connectivity index (χ3n) is 3.75. The second kappa shape index (κ2) is 8.18. The summed E-state index contributed by atoms with van der Waals surface area (Å²) in [7, 11) is 0. The minimum Gasteiger partial charge on any atom is -0.487 e. The molecule has 7 nitrogen and oxygen atoms in total. The number of ether oxygens (including phenoxy) is 1. The van der Waals surface area contributed by atoms with Crippen LogP contribution in [-0.2, 0) is 11.0 Å². The summed E-state index contributed by atoms with van der Waals surface area (Å²) < 4.78 is 83.4.